The zero-order valence-electron chi connectivity index (χ0n) is 42.9. The van der Waals surface area contributed by atoms with Crippen molar-refractivity contribution in [1.82, 2.24) is 31.6 Å². The number of aromatic nitrogens is 1. The number of amides is 6. The number of primary amides is 1. The van der Waals surface area contributed by atoms with Crippen molar-refractivity contribution in [2.75, 3.05) is 19.6 Å². The van der Waals surface area contributed by atoms with Crippen molar-refractivity contribution in [2.45, 2.75) is 133 Å². The summed E-state index contributed by atoms with van der Waals surface area (Å²) in [6, 6.07) is 9.28. The minimum atomic E-state index is -1.45. The maximum Gasteiger partial charge on any atom is 0.243 e. The summed E-state index contributed by atoms with van der Waals surface area (Å²) in [5.41, 5.74) is 35.9. The van der Waals surface area contributed by atoms with E-state index in [9.17, 15) is 48.4 Å². The van der Waals surface area contributed by atoms with Gasteiger partial charge in [-0.1, -0.05) is 42.8 Å². The minimum Gasteiger partial charge on any atom is -0.370 e. The molecule has 2 aromatic carbocycles. The Bertz CT molecular complexity index is 2640. The van der Waals surface area contributed by atoms with Crippen molar-refractivity contribution in [1.29, 1.82) is 5.26 Å². The minimum absolute atomic E-state index is 0.0220. The molecule has 2 heterocycles. The highest BCUT2D eigenvalue weighted by atomic mass is 16.2. The molecular formula is C52H73N15O9. The Balaban J connectivity index is 1.79. The third kappa shape index (κ3) is 19.9. The van der Waals surface area contributed by atoms with E-state index in [-0.39, 0.29) is 133 Å². The highest BCUT2D eigenvalue weighted by molar-refractivity contribution is 5.98. The fourth-order valence-corrected chi connectivity index (χ4v) is 9.03. The van der Waals surface area contributed by atoms with Crippen molar-refractivity contribution in [3.63, 3.8) is 0 Å². The molecule has 0 radical (unpaired) electrons. The molecule has 0 bridgehead atoms. The van der Waals surface area contributed by atoms with Gasteiger partial charge in [-0.2, -0.15) is 5.26 Å². The molecule has 1 saturated heterocycles. The molecule has 3 aromatic rings. The fraction of sp³-hybridized carbons (Fsp3) is 0.500. The average Bonchev–Trinajstić information content (AvgIpc) is 3.78. The van der Waals surface area contributed by atoms with Crippen LogP contribution in [0.4, 0.5) is 0 Å². The Morgan fingerprint density at radius 2 is 1.41 bits per heavy atom. The summed E-state index contributed by atoms with van der Waals surface area (Å²) in [6.45, 7) is 1.29. The number of aromatic amines is 1. The molecule has 0 unspecified atom stereocenters. The van der Waals surface area contributed by atoms with Crippen LogP contribution < -0.4 is 61.0 Å². The maximum absolute atomic E-state index is 14.8. The first-order valence-corrected chi connectivity index (χ1v) is 25.5. The number of rotatable bonds is 18. The third-order valence-electron chi connectivity index (χ3n) is 13.1. The Morgan fingerprint density at radius 1 is 0.737 bits per heavy atom. The smallest absolute Gasteiger partial charge is 0.243 e. The Hall–Kier alpha value is -8.20. The van der Waals surface area contributed by atoms with Gasteiger partial charge in [0.05, 0.1) is 17.7 Å². The van der Waals surface area contributed by atoms with Gasteiger partial charge in [0.25, 0.3) is 0 Å². The Labute approximate surface area is 441 Å². The van der Waals surface area contributed by atoms with Crippen molar-refractivity contribution in [3.05, 3.63) is 71.4 Å². The molecule has 0 spiro atoms. The predicted molar refractivity (Wildman–Crippen MR) is 284 cm³/mol. The summed E-state index contributed by atoms with van der Waals surface area (Å²) in [7, 11) is 0. The first-order valence-electron chi connectivity index (χ1n) is 25.5. The number of carbonyl (C=O) groups is 9. The lowest BCUT2D eigenvalue weighted by Gasteiger charge is -2.27. The van der Waals surface area contributed by atoms with Crippen LogP contribution in [0.2, 0.25) is 0 Å². The number of carbonyl (C=O) groups excluding carboxylic acids is 9. The number of nitrogens with two attached hydrogens (primary N) is 6. The molecule has 24 nitrogen and oxygen atoms in total. The van der Waals surface area contributed by atoms with Crippen LogP contribution in [0, 0.1) is 23.2 Å². The number of benzene rings is 2. The second-order valence-corrected chi connectivity index (χ2v) is 19.0. The molecule has 24 heteroatoms. The molecule has 7 atom stereocenters. The van der Waals surface area contributed by atoms with Crippen molar-refractivity contribution < 1.29 is 43.2 Å². The van der Waals surface area contributed by atoms with Gasteiger partial charge in [0.1, 0.15) is 35.7 Å². The number of fused-ring (bicyclic) bond motifs is 1. The quantitative estimate of drug-likeness (QED) is 0.0425. The van der Waals surface area contributed by atoms with E-state index in [0.717, 1.165) is 10.9 Å². The molecule has 0 aliphatic carbocycles. The molecule has 0 saturated carbocycles. The SMILES string of the molecule is CC(=O)N[C@@H](CCCN=C(N)N)C(=O)N[C@H]1CCC(=O)CCCC[C@@H](C(N)=O)NC(=O)[C@H](Cc2c[nH]c3ccccc23)CC(=O)[C@H](CCCN=C(N)N)CC(=O)[C@@H](Cc2ccccc2C#N)NC(=O)[C@H](CCN)NC1=O. The summed E-state index contributed by atoms with van der Waals surface area (Å²) in [4.78, 5) is 136. The number of H-pyrrole nitrogens is 1. The first-order chi connectivity index (χ1) is 36.3. The van der Waals surface area contributed by atoms with Crippen molar-refractivity contribution in [3.8, 4) is 6.07 Å². The number of nitrogens with zero attached hydrogens (tertiary/aromatic N) is 3. The summed E-state index contributed by atoms with van der Waals surface area (Å²) in [6.07, 6.45) is 1.18. The number of para-hydroxylation sites is 1. The van der Waals surface area contributed by atoms with Crippen LogP contribution in [0.25, 0.3) is 10.9 Å². The molecule has 410 valence electrons. The standard InChI is InChI=1S/C52H73N15O9/c1-30(68)63-40(17-9-23-61-52(58)59)48(74)65-41-19-18-36(69)13-4-6-16-39(46(55)72)64-47(73)34(24-35-29-62-38-15-7-5-14-37(35)38)27-44(70)32(12-8-22-60-51(56)57)26-45(71)43(25-31-10-2-3-11-33(31)28-54)67-50(76)42(20-21-53)66-49(41)75/h2-3,5,7,10-11,14-15,29,32,34,39-43,62H,4,6,8-9,12-13,16-27,53H2,1H3,(H2,55,72)(H,63,68)(H,64,73)(H,65,74)(H,66,75)(H,67,76)(H4,56,57,60)(H4,58,59,61)/t32-,34-,39+,40+,41+,42+,43-/m1/s1. The van der Waals surface area contributed by atoms with Crippen LogP contribution in [0.1, 0.15) is 107 Å². The highest BCUT2D eigenvalue weighted by Crippen LogP contribution is 2.27. The van der Waals surface area contributed by atoms with Crippen LogP contribution >= 0.6 is 0 Å². The highest BCUT2D eigenvalue weighted by Gasteiger charge is 2.35. The zero-order valence-corrected chi connectivity index (χ0v) is 42.9. The van der Waals surface area contributed by atoms with Gasteiger partial charge in [-0.05, 0) is 87.6 Å². The van der Waals surface area contributed by atoms with E-state index < -0.39 is 95.5 Å². The second kappa shape index (κ2) is 30.9. The molecule has 1 aliphatic heterocycles. The third-order valence-corrected chi connectivity index (χ3v) is 13.1. The van der Waals surface area contributed by atoms with E-state index in [1.165, 1.54) is 13.0 Å². The molecular weight excluding hydrogens is 979 g/mol. The Kier molecular flexibility index (Phi) is 24.5. The first kappa shape index (κ1) is 60.4. The Morgan fingerprint density at radius 3 is 2.09 bits per heavy atom. The summed E-state index contributed by atoms with van der Waals surface area (Å²) < 4.78 is 0. The van der Waals surface area contributed by atoms with E-state index in [1.807, 2.05) is 24.3 Å². The van der Waals surface area contributed by atoms with Gasteiger partial charge >= 0.3 is 0 Å². The summed E-state index contributed by atoms with van der Waals surface area (Å²) in [5, 5.41) is 24.1. The van der Waals surface area contributed by atoms with Crippen LogP contribution in [-0.2, 0) is 56.0 Å². The molecule has 1 fully saturated rings. The molecule has 1 aromatic heterocycles. The average molecular weight is 1050 g/mol. The largest absolute Gasteiger partial charge is 0.370 e. The molecule has 1 aliphatic rings. The maximum atomic E-state index is 14.8. The van der Waals surface area contributed by atoms with Gasteiger partial charge in [0.15, 0.2) is 17.7 Å². The molecule has 6 amide bonds. The molecule has 4 rings (SSSR count). The zero-order chi connectivity index (χ0) is 55.7. The number of nitrogens with one attached hydrogen (secondary N) is 6. The second-order valence-electron chi connectivity index (χ2n) is 19.0. The molecule has 18 N–H and O–H groups in total. The van der Waals surface area contributed by atoms with E-state index in [0.29, 0.717) is 11.1 Å². The van der Waals surface area contributed by atoms with Gasteiger partial charge in [-0.3, -0.25) is 53.1 Å². The lowest BCUT2D eigenvalue weighted by Crippen LogP contribution is -2.58. The van der Waals surface area contributed by atoms with Crippen molar-refractivity contribution in [2.24, 2.45) is 56.2 Å². The van der Waals surface area contributed by atoms with Gasteiger partial charge in [-0.15, -0.1) is 0 Å². The van der Waals surface area contributed by atoms with Crippen LogP contribution in [0.5, 0.6) is 0 Å². The van der Waals surface area contributed by atoms with Crippen LogP contribution in [-0.4, -0.2) is 120 Å². The normalized spacial score (nSPS) is 21.2. The number of aliphatic imine (C=N–C) groups is 2. The van der Waals surface area contributed by atoms with Crippen LogP contribution in [0.3, 0.4) is 0 Å². The summed E-state index contributed by atoms with van der Waals surface area (Å²) >= 11 is 0. The lowest BCUT2D eigenvalue weighted by atomic mass is 9.83. The lowest BCUT2D eigenvalue weighted by molar-refractivity contribution is -0.135. The number of guanidine groups is 2. The number of nitriles is 1. The topological polar surface area (TPSA) is 434 Å². The van der Waals surface area contributed by atoms with Crippen molar-refractivity contribution >= 4 is 75.6 Å². The monoisotopic (exact) mass is 1050 g/mol. The number of Topliss-reactive ketones (excluding diaryl/α,β-unsaturated/α-hetero) is 3. The van der Waals surface area contributed by atoms with E-state index >= 15 is 0 Å². The number of hydrogen-bond acceptors (Lipinski definition) is 13. The predicted octanol–water partition coefficient (Wildman–Crippen LogP) is -0.716. The fourth-order valence-electron chi connectivity index (χ4n) is 9.03. The summed E-state index contributed by atoms with van der Waals surface area (Å²) in [5.74, 6) is -8.50. The van der Waals surface area contributed by atoms with Gasteiger partial charge in [-0.25, -0.2) is 0 Å². The van der Waals surface area contributed by atoms with Gasteiger partial charge in [0.2, 0.25) is 35.4 Å². The molecule has 76 heavy (non-hydrogen) atoms. The van der Waals surface area contributed by atoms with E-state index in [2.05, 4.69) is 47.6 Å². The van der Waals surface area contributed by atoms with Gasteiger partial charge in [0, 0.05) is 81.1 Å². The van der Waals surface area contributed by atoms with Gasteiger partial charge < -0.3 is 66.0 Å². The van der Waals surface area contributed by atoms with Crippen LogP contribution in [0.15, 0.2) is 64.7 Å². The van der Waals surface area contributed by atoms with E-state index in [1.54, 1.807) is 24.4 Å². The number of ketones is 3. The van der Waals surface area contributed by atoms with E-state index in [4.69, 9.17) is 34.4 Å². The number of hydrogen-bond donors (Lipinski definition) is 12.